The van der Waals surface area contributed by atoms with Crippen molar-refractivity contribution in [1.82, 2.24) is 30.1 Å². The van der Waals surface area contributed by atoms with E-state index in [1.54, 1.807) is 24.4 Å². The van der Waals surface area contributed by atoms with E-state index >= 15 is 0 Å². The second-order valence-electron chi connectivity index (χ2n) is 6.39. The van der Waals surface area contributed by atoms with Gasteiger partial charge in [0.1, 0.15) is 12.5 Å². The molecule has 2 aromatic carbocycles. The Morgan fingerprint density at radius 2 is 1.76 bits per heavy atom. The normalized spacial score (nSPS) is 11.2. The summed E-state index contributed by atoms with van der Waals surface area (Å²) in [6, 6.07) is 14.8. The first-order valence-corrected chi connectivity index (χ1v) is 8.87. The number of nitrogens with zero attached hydrogens (tertiary/aromatic N) is 5. The van der Waals surface area contributed by atoms with Crippen LogP contribution in [0.2, 0.25) is 0 Å². The van der Waals surface area contributed by atoms with E-state index in [2.05, 4.69) is 35.5 Å². The standard InChI is InChI=1S/C20H15FN8/c21-9-11-5-1-2-6-12(11)16-24-17(14-10-23-20(22)27-18(14)25-16)26-19-13-7-3-4-8-15(13)28-29-19/h1-8,10H,9H2,(H4,22,23,24,25,26,27,28,29). The van der Waals surface area contributed by atoms with Crippen LogP contribution in [0.15, 0.2) is 54.7 Å². The van der Waals surface area contributed by atoms with Crippen molar-refractivity contribution >= 4 is 39.5 Å². The largest absolute Gasteiger partial charge is 0.368 e. The van der Waals surface area contributed by atoms with E-state index < -0.39 is 6.67 Å². The van der Waals surface area contributed by atoms with Gasteiger partial charge in [0, 0.05) is 17.1 Å². The molecule has 8 nitrogen and oxygen atoms in total. The topological polar surface area (TPSA) is 118 Å². The minimum atomic E-state index is -0.629. The number of nitrogen functional groups attached to an aromatic ring is 1. The fourth-order valence-corrected chi connectivity index (χ4v) is 3.17. The summed E-state index contributed by atoms with van der Waals surface area (Å²) in [5.41, 5.74) is 8.07. The summed E-state index contributed by atoms with van der Waals surface area (Å²) in [7, 11) is 0. The van der Waals surface area contributed by atoms with Gasteiger partial charge in [-0.1, -0.05) is 36.4 Å². The van der Waals surface area contributed by atoms with Gasteiger partial charge in [0.25, 0.3) is 0 Å². The lowest BCUT2D eigenvalue weighted by molar-refractivity contribution is 0.486. The minimum absolute atomic E-state index is 0.0945. The fraction of sp³-hybridized carbons (Fsp3) is 0.0500. The summed E-state index contributed by atoms with van der Waals surface area (Å²) in [5.74, 6) is 1.49. The smallest absolute Gasteiger partial charge is 0.222 e. The van der Waals surface area contributed by atoms with Crippen LogP contribution < -0.4 is 11.1 Å². The van der Waals surface area contributed by atoms with Crippen molar-refractivity contribution in [2.75, 3.05) is 11.1 Å². The maximum Gasteiger partial charge on any atom is 0.222 e. The SMILES string of the molecule is Nc1ncc2c(Nc3n[nH]c4ccccc34)nc(-c3ccccc3CF)nc2n1. The predicted molar refractivity (Wildman–Crippen MR) is 109 cm³/mol. The Bertz CT molecular complexity index is 1350. The minimum Gasteiger partial charge on any atom is -0.368 e. The van der Waals surface area contributed by atoms with Crippen molar-refractivity contribution in [3.05, 3.63) is 60.3 Å². The van der Waals surface area contributed by atoms with Gasteiger partial charge in [-0.25, -0.2) is 19.3 Å². The molecule has 0 saturated heterocycles. The van der Waals surface area contributed by atoms with Gasteiger partial charge in [0.15, 0.2) is 17.3 Å². The van der Waals surface area contributed by atoms with E-state index in [9.17, 15) is 4.39 Å². The van der Waals surface area contributed by atoms with Crippen LogP contribution in [0.1, 0.15) is 5.56 Å². The zero-order valence-electron chi connectivity index (χ0n) is 15.1. The molecule has 5 aromatic rings. The molecule has 0 spiro atoms. The molecule has 29 heavy (non-hydrogen) atoms. The number of hydrogen-bond acceptors (Lipinski definition) is 7. The van der Waals surface area contributed by atoms with Gasteiger partial charge in [-0.05, 0) is 17.7 Å². The average molecular weight is 386 g/mol. The number of rotatable bonds is 4. The van der Waals surface area contributed by atoms with Crippen LogP contribution in [-0.4, -0.2) is 30.1 Å². The number of halogens is 1. The number of aromatic nitrogens is 6. The molecule has 4 N–H and O–H groups in total. The first kappa shape index (κ1) is 17.0. The fourth-order valence-electron chi connectivity index (χ4n) is 3.17. The van der Waals surface area contributed by atoms with E-state index in [4.69, 9.17) is 5.73 Å². The van der Waals surface area contributed by atoms with Crippen molar-refractivity contribution in [2.24, 2.45) is 0 Å². The van der Waals surface area contributed by atoms with E-state index in [1.165, 1.54) is 0 Å². The van der Waals surface area contributed by atoms with Crippen LogP contribution in [0.4, 0.5) is 22.0 Å². The van der Waals surface area contributed by atoms with Gasteiger partial charge >= 0.3 is 0 Å². The Hall–Kier alpha value is -4.14. The summed E-state index contributed by atoms with van der Waals surface area (Å²) < 4.78 is 13.5. The number of aromatic amines is 1. The molecular weight excluding hydrogens is 371 g/mol. The van der Waals surface area contributed by atoms with E-state index in [-0.39, 0.29) is 5.95 Å². The second kappa shape index (κ2) is 6.79. The summed E-state index contributed by atoms with van der Waals surface area (Å²) >= 11 is 0. The molecule has 0 aliphatic heterocycles. The highest BCUT2D eigenvalue weighted by molar-refractivity contribution is 5.95. The van der Waals surface area contributed by atoms with Gasteiger partial charge in [-0.2, -0.15) is 10.1 Å². The Morgan fingerprint density at radius 3 is 2.66 bits per heavy atom. The summed E-state index contributed by atoms with van der Waals surface area (Å²) in [5, 5.41) is 12.0. The lowest BCUT2D eigenvalue weighted by atomic mass is 10.1. The average Bonchev–Trinajstić information content (AvgIpc) is 3.16. The van der Waals surface area contributed by atoms with E-state index in [0.29, 0.717) is 39.6 Å². The summed E-state index contributed by atoms with van der Waals surface area (Å²) in [6.07, 6.45) is 1.56. The molecule has 0 saturated carbocycles. The first-order valence-electron chi connectivity index (χ1n) is 8.87. The number of alkyl halides is 1. The van der Waals surface area contributed by atoms with E-state index in [1.807, 2.05) is 30.3 Å². The molecule has 0 bridgehead atoms. The number of hydrogen-bond donors (Lipinski definition) is 3. The number of nitrogens with one attached hydrogen (secondary N) is 2. The number of benzene rings is 2. The van der Waals surface area contributed by atoms with Crippen molar-refractivity contribution in [3.63, 3.8) is 0 Å². The van der Waals surface area contributed by atoms with Crippen LogP contribution in [-0.2, 0) is 6.67 Å². The molecule has 0 radical (unpaired) electrons. The number of anilines is 3. The molecule has 142 valence electrons. The molecule has 9 heteroatoms. The Morgan fingerprint density at radius 1 is 0.931 bits per heavy atom. The molecule has 3 heterocycles. The predicted octanol–water partition coefficient (Wildman–Crippen LogP) is 3.76. The van der Waals surface area contributed by atoms with Gasteiger partial charge in [0.05, 0.1) is 10.9 Å². The number of nitrogens with two attached hydrogens (primary N) is 1. The summed E-state index contributed by atoms with van der Waals surface area (Å²) in [6.45, 7) is -0.629. The van der Waals surface area contributed by atoms with Crippen molar-refractivity contribution < 1.29 is 4.39 Å². The quantitative estimate of drug-likeness (QED) is 0.430. The Balaban J connectivity index is 1.71. The number of fused-ring (bicyclic) bond motifs is 2. The lowest BCUT2D eigenvalue weighted by Crippen LogP contribution is -2.04. The third-order valence-electron chi connectivity index (χ3n) is 4.58. The van der Waals surface area contributed by atoms with Crippen molar-refractivity contribution in [1.29, 1.82) is 0 Å². The van der Waals surface area contributed by atoms with Gasteiger partial charge < -0.3 is 11.1 Å². The highest BCUT2D eigenvalue weighted by Crippen LogP contribution is 2.30. The second-order valence-corrected chi connectivity index (χ2v) is 6.39. The van der Waals surface area contributed by atoms with Crippen molar-refractivity contribution in [2.45, 2.75) is 6.67 Å². The molecule has 0 unspecified atom stereocenters. The molecule has 0 aliphatic carbocycles. The molecular formula is C20H15FN8. The van der Waals surface area contributed by atoms with Crippen LogP contribution >= 0.6 is 0 Å². The molecule has 0 aliphatic rings. The van der Waals surface area contributed by atoms with Crippen LogP contribution in [0, 0.1) is 0 Å². The van der Waals surface area contributed by atoms with Crippen LogP contribution in [0.25, 0.3) is 33.3 Å². The number of para-hydroxylation sites is 1. The van der Waals surface area contributed by atoms with Gasteiger partial charge in [-0.15, -0.1) is 0 Å². The molecule has 3 aromatic heterocycles. The number of H-pyrrole nitrogens is 1. The monoisotopic (exact) mass is 386 g/mol. The highest BCUT2D eigenvalue weighted by atomic mass is 19.1. The van der Waals surface area contributed by atoms with Crippen LogP contribution in [0.5, 0.6) is 0 Å². The van der Waals surface area contributed by atoms with Gasteiger partial charge in [-0.3, -0.25) is 5.10 Å². The molecule has 0 atom stereocenters. The molecule has 0 fully saturated rings. The summed E-state index contributed by atoms with van der Waals surface area (Å²) in [4.78, 5) is 17.4. The van der Waals surface area contributed by atoms with Crippen molar-refractivity contribution in [3.8, 4) is 11.4 Å². The van der Waals surface area contributed by atoms with Gasteiger partial charge in [0.2, 0.25) is 5.95 Å². The molecule has 5 rings (SSSR count). The zero-order chi connectivity index (χ0) is 19.8. The van der Waals surface area contributed by atoms with Crippen LogP contribution in [0.3, 0.4) is 0 Å². The highest BCUT2D eigenvalue weighted by Gasteiger charge is 2.16. The lowest BCUT2D eigenvalue weighted by Gasteiger charge is -2.11. The third-order valence-corrected chi connectivity index (χ3v) is 4.58. The third kappa shape index (κ3) is 2.98. The van der Waals surface area contributed by atoms with E-state index in [0.717, 1.165) is 10.9 Å². The maximum absolute atomic E-state index is 13.5. The maximum atomic E-state index is 13.5. The Labute approximate surface area is 164 Å². The molecule has 0 amide bonds. The first-order chi connectivity index (χ1) is 14.2. The Kier molecular flexibility index (Phi) is 3.98. The zero-order valence-corrected chi connectivity index (χ0v) is 15.1.